The fourth-order valence-corrected chi connectivity index (χ4v) is 2.05. The van der Waals surface area contributed by atoms with Gasteiger partial charge in [0.1, 0.15) is 5.56 Å². The highest BCUT2D eigenvalue weighted by Crippen LogP contribution is 2.19. The number of nitrogens with one attached hydrogen (secondary N) is 1. The Bertz CT molecular complexity index is 643. The quantitative estimate of drug-likeness (QED) is 0.496. The van der Waals surface area contributed by atoms with E-state index in [-0.39, 0.29) is 16.8 Å². The predicted octanol–water partition coefficient (Wildman–Crippen LogP) is 2.55. The normalized spacial score (nSPS) is 9.78. The molecule has 0 saturated carbocycles. The molecule has 0 aliphatic carbocycles. The maximum Gasteiger partial charge on any atom is 0.324 e. The van der Waals surface area contributed by atoms with Gasteiger partial charge in [0.2, 0.25) is 0 Å². The molecule has 0 radical (unpaired) electrons. The minimum atomic E-state index is -0.695. The monoisotopic (exact) mass is 317 g/mol. The van der Waals surface area contributed by atoms with Gasteiger partial charge in [-0.3, -0.25) is 20.2 Å². The molecule has 0 bridgehead atoms. The summed E-state index contributed by atoms with van der Waals surface area (Å²) < 4.78 is 0. The number of hydrogen-bond donors (Lipinski definition) is 1. The van der Waals surface area contributed by atoms with Crippen LogP contribution in [-0.4, -0.2) is 34.9 Å². The van der Waals surface area contributed by atoms with Crippen molar-refractivity contribution in [1.29, 1.82) is 0 Å². The maximum absolute atomic E-state index is 12.1. The summed E-state index contributed by atoms with van der Waals surface area (Å²) in [7, 11) is 0. The number of rotatable bonds is 6. The molecule has 3 amide bonds. The van der Waals surface area contributed by atoms with Gasteiger partial charge in [-0.25, -0.2) is 4.79 Å². The van der Waals surface area contributed by atoms with Gasteiger partial charge < -0.3 is 4.90 Å². The van der Waals surface area contributed by atoms with Crippen molar-refractivity contribution in [3.05, 3.63) is 39.4 Å². The summed E-state index contributed by atoms with van der Waals surface area (Å²) in [5.74, 6) is 1.49. The van der Waals surface area contributed by atoms with Gasteiger partial charge in [-0.1, -0.05) is 19.8 Å². The average Bonchev–Trinajstić information content (AvgIpc) is 2.53. The van der Waals surface area contributed by atoms with E-state index in [9.17, 15) is 19.7 Å². The van der Waals surface area contributed by atoms with Crippen molar-refractivity contribution >= 4 is 17.6 Å². The van der Waals surface area contributed by atoms with Crippen LogP contribution in [0.4, 0.5) is 10.5 Å². The van der Waals surface area contributed by atoms with Crippen LogP contribution >= 0.6 is 0 Å². The van der Waals surface area contributed by atoms with E-state index in [1.807, 2.05) is 13.8 Å². The number of terminal acetylenes is 1. The van der Waals surface area contributed by atoms with E-state index >= 15 is 0 Å². The van der Waals surface area contributed by atoms with E-state index in [2.05, 4.69) is 11.2 Å². The predicted molar refractivity (Wildman–Crippen MR) is 86.0 cm³/mol. The fraction of sp³-hybridized carbons (Fsp3) is 0.375. The van der Waals surface area contributed by atoms with Gasteiger partial charge in [0.05, 0.1) is 4.92 Å². The summed E-state index contributed by atoms with van der Waals surface area (Å²) in [5.41, 5.74) is -0.250. The number of nitrogens with zero attached hydrogens (tertiary/aromatic N) is 2. The third kappa shape index (κ3) is 4.81. The largest absolute Gasteiger partial charge is 0.324 e. The molecule has 0 spiro atoms. The number of urea groups is 1. The van der Waals surface area contributed by atoms with E-state index in [0.717, 1.165) is 18.9 Å². The maximum atomic E-state index is 12.1. The molecule has 7 nitrogen and oxygen atoms in total. The van der Waals surface area contributed by atoms with Crippen LogP contribution in [0, 0.1) is 22.5 Å². The molecule has 0 atom stereocenters. The minimum Gasteiger partial charge on any atom is -0.324 e. The fourth-order valence-electron chi connectivity index (χ4n) is 2.05. The Morgan fingerprint density at radius 3 is 2.39 bits per heavy atom. The van der Waals surface area contributed by atoms with Gasteiger partial charge >= 0.3 is 6.03 Å². The molecule has 1 aromatic rings. The Labute approximate surface area is 134 Å². The van der Waals surface area contributed by atoms with Crippen LogP contribution in [0.5, 0.6) is 0 Å². The molecule has 7 heteroatoms. The molecule has 0 aliphatic heterocycles. The lowest BCUT2D eigenvalue weighted by atomic mass is 10.1. The summed E-state index contributed by atoms with van der Waals surface area (Å²) in [4.78, 5) is 36.0. The number of imide groups is 1. The molecule has 0 fully saturated rings. The first kappa shape index (κ1) is 18.2. The van der Waals surface area contributed by atoms with E-state index in [4.69, 9.17) is 6.42 Å². The highest BCUT2D eigenvalue weighted by molar-refractivity contribution is 6.04. The van der Waals surface area contributed by atoms with Crippen molar-refractivity contribution in [2.45, 2.75) is 26.7 Å². The molecule has 1 rings (SSSR count). The van der Waals surface area contributed by atoms with Crippen molar-refractivity contribution < 1.29 is 14.5 Å². The number of carbonyl (C=O) groups is 2. The zero-order valence-corrected chi connectivity index (χ0v) is 13.2. The summed E-state index contributed by atoms with van der Waals surface area (Å²) in [6.07, 6.45) is 6.72. The van der Waals surface area contributed by atoms with E-state index < -0.39 is 16.9 Å². The Balaban J connectivity index is 2.93. The highest BCUT2D eigenvalue weighted by Gasteiger charge is 2.19. The van der Waals surface area contributed by atoms with Crippen LogP contribution in [0.3, 0.4) is 0 Å². The third-order valence-corrected chi connectivity index (χ3v) is 3.11. The summed E-state index contributed by atoms with van der Waals surface area (Å²) >= 11 is 0. The van der Waals surface area contributed by atoms with Crippen LogP contribution in [-0.2, 0) is 0 Å². The van der Waals surface area contributed by atoms with Crippen LogP contribution in [0.25, 0.3) is 0 Å². The van der Waals surface area contributed by atoms with Gasteiger partial charge in [0.25, 0.3) is 11.6 Å². The molecular formula is C16H19N3O4. The molecule has 0 heterocycles. The molecule has 0 saturated heterocycles. The van der Waals surface area contributed by atoms with Crippen molar-refractivity contribution in [1.82, 2.24) is 10.2 Å². The van der Waals surface area contributed by atoms with Crippen molar-refractivity contribution in [3.8, 4) is 12.3 Å². The minimum absolute atomic E-state index is 0.0111. The van der Waals surface area contributed by atoms with Crippen LogP contribution in [0.15, 0.2) is 18.2 Å². The Morgan fingerprint density at radius 2 is 1.91 bits per heavy atom. The van der Waals surface area contributed by atoms with Gasteiger partial charge in [-0.15, -0.1) is 6.42 Å². The first-order valence-electron chi connectivity index (χ1n) is 7.29. The highest BCUT2D eigenvalue weighted by atomic mass is 16.6. The zero-order chi connectivity index (χ0) is 17.4. The molecule has 0 aromatic heterocycles. The standard InChI is InChI=1S/C16H19N3O4/c1-4-9-18(10-5-2)16(21)17-15(20)13-8-7-12(6-3)14(11-13)19(22)23/h3,7-8,11H,4-5,9-10H2,1-2H3,(H,17,20,21). The second-order valence-electron chi connectivity index (χ2n) is 4.88. The molecular weight excluding hydrogens is 298 g/mol. The van der Waals surface area contributed by atoms with Crippen LogP contribution < -0.4 is 5.32 Å². The Kier molecular flexibility index (Phi) is 6.74. The van der Waals surface area contributed by atoms with E-state index in [0.29, 0.717) is 13.1 Å². The van der Waals surface area contributed by atoms with Gasteiger partial charge in [-0.2, -0.15) is 0 Å². The molecule has 0 aliphatic rings. The molecule has 0 unspecified atom stereocenters. The molecule has 122 valence electrons. The smallest absolute Gasteiger partial charge is 0.324 e. The lowest BCUT2D eigenvalue weighted by Gasteiger charge is -2.21. The summed E-state index contributed by atoms with van der Waals surface area (Å²) in [6.45, 7) is 4.92. The Hall–Kier alpha value is -2.88. The lowest BCUT2D eigenvalue weighted by Crippen LogP contribution is -2.43. The average molecular weight is 317 g/mol. The van der Waals surface area contributed by atoms with Crippen LogP contribution in [0.1, 0.15) is 42.6 Å². The molecule has 23 heavy (non-hydrogen) atoms. The second kappa shape index (κ2) is 8.54. The van der Waals surface area contributed by atoms with Gasteiger partial charge in [-0.05, 0) is 25.0 Å². The Morgan fingerprint density at radius 1 is 1.30 bits per heavy atom. The molecule has 1 aromatic carbocycles. The van der Waals surface area contributed by atoms with Crippen molar-refractivity contribution in [2.24, 2.45) is 0 Å². The number of hydrogen-bond acceptors (Lipinski definition) is 4. The second-order valence-corrected chi connectivity index (χ2v) is 4.88. The number of amides is 3. The van der Waals surface area contributed by atoms with Crippen molar-refractivity contribution in [2.75, 3.05) is 13.1 Å². The number of nitro benzene ring substituents is 1. The first-order valence-corrected chi connectivity index (χ1v) is 7.29. The van der Waals surface area contributed by atoms with Gasteiger partial charge in [0, 0.05) is 24.7 Å². The van der Waals surface area contributed by atoms with Crippen molar-refractivity contribution in [3.63, 3.8) is 0 Å². The van der Waals surface area contributed by atoms with E-state index in [1.54, 1.807) is 0 Å². The summed E-state index contributed by atoms with van der Waals surface area (Å²) in [5, 5.41) is 13.2. The van der Waals surface area contributed by atoms with Gasteiger partial charge in [0.15, 0.2) is 0 Å². The number of nitro groups is 1. The zero-order valence-electron chi connectivity index (χ0n) is 13.2. The third-order valence-electron chi connectivity index (χ3n) is 3.11. The lowest BCUT2D eigenvalue weighted by molar-refractivity contribution is -0.385. The SMILES string of the molecule is C#Cc1ccc(C(=O)NC(=O)N(CCC)CCC)cc1[N+](=O)[O-]. The topological polar surface area (TPSA) is 92.6 Å². The number of carbonyl (C=O) groups excluding carboxylic acids is 2. The molecule has 1 N–H and O–H groups in total. The number of benzene rings is 1. The first-order chi connectivity index (χ1) is 10.9. The van der Waals surface area contributed by atoms with E-state index in [1.165, 1.54) is 17.0 Å². The summed E-state index contributed by atoms with van der Waals surface area (Å²) in [6, 6.07) is 3.23. The van der Waals surface area contributed by atoms with Crippen LogP contribution in [0.2, 0.25) is 0 Å².